The van der Waals surface area contributed by atoms with E-state index in [2.05, 4.69) is 45.0 Å². The molecule has 0 amide bonds. The van der Waals surface area contributed by atoms with Gasteiger partial charge in [-0.2, -0.15) is 0 Å². The molecule has 4 rings (SSSR count). The first kappa shape index (κ1) is 36.8. The van der Waals surface area contributed by atoms with Crippen molar-refractivity contribution in [2.75, 3.05) is 41.2 Å². The van der Waals surface area contributed by atoms with Crippen molar-refractivity contribution in [3.8, 4) is 17.2 Å². The van der Waals surface area contributed by atoms with Gasteiger partial charge in [-0.15, -0.1) is 0 Å². The molecule has 0 bridgehead atoms. The van der Waals surface area contributed by atoms with E-state index in [1.54, 1.807) is 12.1 Å². The monoisotopic (exact) mass is 686 g/mol. The molecule has 3 aromatic rings. The second-order valence-corrected chi connectivity index (χ2v) is 17.3. The van der Waals surface area contributed by atoms with Crippen LogP contribution in [-0.4, -0.2) is 73.9 Å². The van der Waals surface area contributed by atoms with Gasteiger partial charge in [0.25, 0.3) is 8.32 Å². The molecule has 0 spiro atoms. The lowest BCUT2D eigenvalue weighted by atomic mass is 10.1. The molecule has 1 saturated heterocycles. The second kappa shape index (κ2) is 16.9. The fourth-order valence-electron chi connectivity index (χ4n) is 5.80. The van der Waals surface area contributed by atoms with E-state index in [1.807, 2.05) is 50.2 Å². The number of rotatable bonds is 16. The van der Waals surface area contributed by atoms with Gasteiger partial charge in [-0.25, -0.2) is 4.79 Å². The number of hydrogen-bond acceptors (Lipinski definition) is 10. The van der Waals surface area contributed by atoms with Gasteiger partial charge in [0.05, 0.1) is 46.7 Å². The Morgan fingerprint density at radius 3 is 1.83 bits per heavy atom. The van der Waals surface area contributed by atoms with Crippen LogP contribution in [-0.2, 0) is 27.5 Å². The molecular formula is C35H47O10PSi. The lowest BCUT2D eigenvalue weighted by molar-refractivity contribution is -0.0990. The molecule has 1 heterocycles. The van der Waals surface area contributed by atoms with Gasteiger partial charge in [0.2, 0.25) is 5.75 Å². The Morgan fingerprint density at radius 1 is 0.851 bits per heavy atom. The second-order valence-electron chi connectivity index (χ2n) is 11.8. The van der Waals surface area contributed by atoms with Crippen LogP contribution in [0.1, 0.15) is 51.4 Å². The highest BCUT2D eigenvalue weighted by molar-refractivity contribution is 7.41. The third kappa shape index (κ3) is 8.53. The number of methoxy groups -OCH3 is 3. The van der Waals surface area contributed by atoms with Crippen LogP contribution in [0.25, 0.3) is 0 Å². The summed E-state index contributed by atoms with van der Waals surface area (Å²) >= 11 is 0. The van der Waals surface area contributed by atoms with E-state index in [-0.39, 0.29) is 23.6 Å². The van der Waals surface area contributed by atoms with Gasteiger partial charge in [-0.1, -0.05) is 81.4 Å². The third-order valence-corrected chi connectivity index (χ3v) is 14.2. The Kier molecular flexibility index (Phi) is 13.2. The lowest BCUT2D eigenvalue weighted by Crippen LogP contribution is -2.67. The predicted octanol–water partition coefficient (Wildman–Crippen LogP) is 6.25. The molecule has 0 saturated carbocycles. The van der Waals surface area contributed by atoms with Crippen LogP contribution >= 0.6 is 8.60 Å². The van der Waals surface area contributed by atoms with Gasteiger partial charge < -0.3 is 37.2 Å². The quantitative estimate of drug-likeness (QED) is 0.0978. The molecule has 0 N–H and O–H groups in total. The molecular weight excluding hydrogens is 639 g/mol. The van der Waals surface area contributed by atoms with E-state index in [0.717, 1.165) is 10.4 Å². The molecule has 256 valence electrons. The highest BCUT2D eigenvalue weighted by atomic mass is 31.2. The largest absolute Gasteiger partial charge is 0.493 e. The molecule has 3 aromatic carbocycles. The molecule has 12 heteroatoms. The zero-order valence-electron chi connectivity index (χ0n) is 28.5. The van der Waals surface area contributed by atoms with Crippen molar-refractivity contribution in [3.63, 3.8) is 0 Å². The molecule has 1 aliphatic heterocycles. The molecule has 0 radical (unpaired) electrons. The van der Waals surface area contributed by atoms with Gasteiger partial charge in [-0.05, 0) is 41.4 Å². The summed E-state index contributed by atoms with van der Waals surface area (Å²) in [6.45, 7) is 11.4. The van der Waals surface area contributed by atoms with E-state index in [4.69, 9.17) is 41.7 Å². The van der Waals surface area contributed by atoms with Crippen molar-refractivity contribution in [3.05, 3.63) is 78.4 Å². The number of benzene rings is 3. The maximum atomic E-state index is 13.7. The first-order chi connectivity index (χ1) is 22.6. The Bertz CT molecular complexity index is 1350. The lowest BCUT2D eigenvalue weighted by Gasteiger charge is -2.43. The van der Waals surface area contributed by atoms with Crippen molar-refractivity contribution in [2.45, 2.75) is 64.6 Å². The standard InChI is InChI=1S/C35H47O10PSi/c1-9-40-46(41-10-2)45-32-23-28(44-34(36)25-21-29(37-6)33(39-8)30(22-25)38-7)31(43-32)24-42-47(35(3,4)5,26-17-13-11-14-18-26)27-19-15-12-16-20-27/h11-22,28,31-32H,9-10,23-24H2,1-8H3/t28-,31+,32?/m0/s1. The SMILES string of the molecule is CCOP(OCC)OC1C[C@H](OC(=O)c2cc(OC)c(OC)c(OC)c2)[C@@H](CO[Si](c2ccccc2)(c2ccccc2)C(C)(C)C)O1. The van der Waals surface area contributed by atoms with Crippen molar-refractivity contribution in [1.82, 2.24) is 0 Å². The number of ether oxygens (including phenoxy) is 5. The topological polar surface area (TPSA) is 100 Å². The number of carbonyl (C=O) groups is 1. The van der Waals surface area contributed by atoms with Gasteiger partial charge in [0.15, 0.2) is 17.8 Å². The average Bonchev–Trinajstić information content (AvgIpc) is 3.45. The van der Waals surface area contributed by atoms with E-state index < -0.39 is 41.4 Å². The number of esters is 1. The zero-order chi connectivity index (χ0) is 34.0. The van der Waals surface area contributed by atoms with Crippen molar-refractivity contribution in [2.24, 2.45) is 0 Å². The van der Waals surface area contributed by atoms with Gasteiger partial charge in [-0.3, -0.25) is 4.52 Å². The number of hydrogen-bond donors (Lipinski definition) is 0. The Balaban J connectivity index is 1.68. The maximum absolute atomic E-state index is 13.7. The van der Waals surface area contributed by atoms with Gasteiger partial charge >= 0.3 is 14.6 Å². The summed E-state index contributed by atoms with van der Waals surface area (Å²) in [4.78, 5) is 13.7. The summed E-state index contributed by atoms with van der Waals surface area (Å²) in [6.07, 6.45) is -1.84. The van der Waals surface area contributed by atoms with Crippen molar-refractivity contribution in [1.29, 1.82) is 0 Å². The van der Waals surface area contributed by atoms with Gasteiger partial charge in [0.1, 0.15) is 12.2 Å². The van der Waals surface area contributed by atoms with Crippen LogP contribution < -0.4 is 24.6 Å². The molecule has 10 nitrogen and oxygen atoms in total. The van der Waals surface area contributed by atoms with E-state index in [9.17, 15) is 4.79 Å². The van der Waals surface area contributed by atoms with Crippen molar-refractivity contribution < 1.29 is 46.5 Å². The molecule has 0 aliphatic carbocycles. The van der Waals surface area contributed by atoms with E-state index >= 15 is 0 Å². The van der Waals surface area contributed by atoms with Gasteiger partial charge in [0, 0.05) is 6.42 Å². The fraction of sp³-hybridized carbons (Fsp3) is 0.457. The van der Waals surface area contributed by atoms with Crippen LogP contribution in [0.5, 0.6) is 17.2 Å². The zero-order valence-corrected chi connectivity index (χ0v) is 30.4. The first-order valence-corrected chi connectivity index (χ1v) is 18.8. The Labute approximate surface area is 280 Å². The van der Waals surface area contributed by atoms with Crippen molar-refractivity contribution >= 4 is 33.3 Å². The molecule has 1 fully saturated rings. The molecule has 47 heavy (non-hydrogen) atoms. The molecule has 3 atom stereocenters. The minimum atomic E-state index is -2.92. The highest BCUT2D eigenvalue weighted by Crippen LogP contribution is 2.45. The third-order valence-electron chi connectivity index (χ3n) is 7.88. The van der Waals surface area contributed by atoms with E-state index in [0.29, 0.717) is 30.5 Å². The minimum absolute atomic E-state index is 0.154. The maximum Gasteiger partial charge on any atom is 0.338 e. The Hall–Kier alpha value is -3.02. The normalized spacial score (nSPS) is 18.3. The molecule has 1 unspecified atom stereocenters. The van der Waals surface area contributed by atoms with Crippen LogP contribution in [0.3, 0.4) is 0 Å². The smallest absolute Gasteiger partial charge is 0.338 e. The summed E-state index contributed by atoms with van der Waals surface area (Å²) in [6, 6.07) is 23.8. The van der Waals surface area contributed by atoms with E-state index in [1.165, 1.54) is 21.3 Å². The van der Waals surface area contributed by atoms with Crippen LogP contribution in [0.4, 0.5) is 0 Å². The summed E-state index contributed by atoms with van der Waals surface area (Å²) < 4.78 is 53.6. The first-order valence-electron chi connectivity index (χ1n) is 15.8. The summed E-state index contributed by atoms with van der Waals surface area (Å²) in [7, 11) is -0.0900. The Morgan fingerprint density at radius 2 is 1.38 bits per heavy atom. The van der Waals surface area contributed by atoms with Crippen LogP contribution in [0, 0.1) is 0 Å². The summed E-state index contributed by atoms with van der Waals surface area (Å²) in [5, 5.41) is 2.00. The van der Waals surface area contributed by atoms with Crippen LogP contribution in [0.2, 0.25) is 5.04 Å². The minimum Gasteiger partial charge on any atom is -0.493 e. The summed E-state index contributed by atoms with van der Waals surface area (Å²) in [5.41, 5.74) is 0.237. The molecule has 0 aromatic heterocycles. The van der Waals surface area contributed by atoms with Crippen LogP contribution in [0.15, 0.2) is 72.8 Å². The fourth-order valence-corrected chi connectivity index (χ4v) is 11.3. The predicted molar refractivity (Wildman–Crippen MR) is 183 cm³/mol. The summed E-state index contributed by atoms with van der Waals surface area (Å²) in [5.74, 6) is 0.480. The number of carbonyl (C=O) groups excluding carboxylic acids is 1. The molecule has 1 aliphatic rings. The average molecular weight is 687 g/mol. The highest BCUT2D eigenvalue weighted by Gasteiger charge is 2.52.